The van der Waals surface area contributed by atoms with Crippen LogP contribution < -0.4 is 0 Å². The molecule has 2 heterocycles. The van der Waals surface area contributed by atoms with E-state index in [4.69, 9.17) is 5.11 Å². The molecular formula is C15H32N3O8P3. The molecule has 0 bridgehead atoms. The van der Waals surface area contributed by atoms with Crippen molar-refractivity contribution in [2.45, 2.75) is 13.3 Å². The van der Waals surface area contributed by atoms with Crippen LogP contribution >= 0.6 is 21.9 Å². The third-order valence-electron chi connectivity index (χ3n) is 5.15. The van der Waals surface area contributed by atoms with E-state index in [0.29, 0.717) is 38.6 Å². The van der Waals surface area contributed by atoms with E-state index in [1.165, 1.54) is 6.92 Å². The second-order valence-corrected chi connectivity index (χ2v) is 15.5. The highest BCUT2D eigenvalue weighted by Gasteiger charge is 2.39. The minimum absolute atomic E-state index is 0.00795. The van der Waals surface area contributed by atoms with E-state index in [-0.39, 0.29) is 31.3 Å². The highest BCUT2D eigenvalue weighted by Crippen LogP contribution is 2.54. The molecule has 29 heavy (non-hydrogen) atoms. The highest BCUT2D eigenvalue weighted by molar-refractivity contribution is 7.72. The van der Waals surface area contributed by atoms with Crippen molar-refractivity contribution in [3.63, 3.8) is 0 Å². The van der Waals surface area contributed by atoms with Gasteiger partial charge in [-0.15, -0.1) is 0 Å². The molecule has 2 aliphatic rings. The number of aliphatic hydroxyl groups excluding tert-OH is 2. The van der Waals surface area contributed by atoms with Crippen LogP contribution in [0, 0.1) is 0 Å². The first-order valence-electron chi connectivity index (χ1n) is 9.38. The van der Waals surface area contributed by atoms with Crippen molar-refractivity contribution in [2.24, 2.45) is 0 Å². The van der Waals surface area contributed by atoms with Crippen LogP contribution in [-0.2, 0) is 13.9 Å². The number of carbonyl (C=O) groups is 1. The van der Waals surface area contributed by atoms with E-state index in [9.17, 15) is 33.7 Å². The molecule has 11 nitrogen and oxygen atoms in total. The summed E-state index contributed by atoms with van der Waals surface area (Å²) in [6, 6.07) is 0. The van der Waals surface area contributed by atoms with Crippen LogP contribution in [0.25, 0.3) is 0 Å². The molecule has 0 saturated carbocycles. The van der Waals surface area contributed by atoms with Gasteiger partial charge in [0.05, 0.1) is 12.6 Å². The molecule has 0 aliphatic carbocycles. The molecule has 1 saturated heterocycles. The zero-order valence-electron chi connectivity index (χ0n) is 16.6. The number of fused-ring (bicyclic) bond motifs is 1. The Morgan fingerprint density at radius 1 is 1.00 bits per heavy atom. The fourth-order valence-corrected chi connectivity index (χ4v) is 8.52. The van der Waals surface area contributed by atoms with Gasteiger partial charge in [-0.2, -0.15) is 0 Å². The van der Waals surface area contributed by atoms with E-state index in [0.717, 1.165) is 5.42 Å². The van der Waals surface area contributed by atoms with Crippen molar-refractivity contribution in [3.05, 3.63) is 0 Å². The monoisotopic (exact) mass is 475 g/mol. The van der Waals surface area contributed by atoms with Crippen molar-refractivity contribution >= 4 is 33.1 Å². The maximum atomic E-state index is 12.1. The highest BCUT2D eigenvalue weighted by atomic mass is 31.2. The molecule has 170 valence electrons. The molecule has 0 spiro atoms. The molecule has 0 radical (unpaired) electrons. The minimum Gasteiger partial charge on any atom is -0.386 e. The Bertz CT molecular complexity index is 761. The van der Waals surface area contributed by atoms with Gasteiger partial charge in [-0.1, -0.05) is 0 Å². The van der Waals surface area contributed by atoms with Crippen molar-refractivity contribution in [1.29, 1.82) is 0 Å². The summed E-state index contributed by atoms with van der Waals surface area (Å²) in [4.78, 5) is 47.4. The maximum Gasteiger partial charge on any atom is 0.238 e. The smallest absolute Gasteiger partial charge is 0.238 e. The summed E-state index contributed by atoms with van der Waals surface area (Å²) in [5.74, 6) is -0.00795. The van der Waals surface area contributed by atoms with Gasteiger partial charge < -0.3 is 29.7 Å². The second kappa shape index (κ2) is 10.2. The molecule has 0 aromatic heterocycles. The van der Waals surface area contributed by atoms with Gasteiger partial charge in [0.15, 0.2) is 0 Å². The topological polar surface area (TPSA) is 162 Å². The average molecular weight is 475 g/mol. The van der Waals surface area contributed by atoms with Gasteiger partial charge >= 0.3 is 0 Å². The molecule has 5 N–H and O–H groups in total. The maximum absolute atomic E-state index is 12.1. The van der Waals surface area contributed by atoms with Crippen molar-refractivity contribution in [1.82, 2.24) is 14.7 Å². The van der Waals surface area contributed by atoms with Crippen LogP contribution in [0.5, 0.6) is 0 Å². The van der Waals surface area contributed by atoms with Crippen molar-refractivity contribution in [2.75, 3.05) is 70.4 Å². The van der Waals surface area contributed by atoms with Crippen LogP contribution in [0.15, 0.2) is 0 Å². The lowest BCUT2D eigenvalue weighted by molar-refractivity contribution is -0.116. The average Bonchev–Trinajstić information content (AvgIpc) is 2.69. The molecule has 2 rings (SSSR count). The summed E-state index contributed by atoms with van der Waals surface area (Å²) in [6.45, 7) is 3.29. The Kier molecular flexibility index (Phi) is 8.88. The van der Waals surface area contributed by atoms with Crippen molar-refractivity contribution < 1.29 is 38.8 Å². The van der Waals surface area contributed by atoms with Gasteiger partial charge in [0.2, 0.25) is 14.7 Å². The lowest BCUT2D eigenvalue weighted by Gasteiger charge is -2.45. The standard InChI is InChI=1S/C15H32N3O8P3/c1-14(21)2-7-27(22)11-18-6-5-16(9-28(23,24)12-19)3-4-17(8-15(18)27)10-29(25,26)13-20/h19-20,22H,2-13H2,1H3,(H,23,24)(H,25,26). The molecule has 0 amide bonds. The Hall–Kier alpha value is 0.110. The third kappa shape index (κ3) is 7.34. The first-order chi connectivity index (χ1) is 13.4. The van der Waals surface area contributed by atoms with Crippen LogP contribution in [0.2, 0.25) is 0 Å². The van der Waals surface area contributed by atoms with Crippen LogP contribution in [-0.4, -0.2) is 121 Å². The summed E-state index contributed by atoms with van der Waals surface area (Å²) in [5, 5.41) is 18.3. The Balaban J connectivity index is 2.25. The molecule has 3 atom stereocenters. The number of ketones is 1. The predicted octanol–water partition coefficient (Wildman–Crippen LogP) is -0.734. The molecular weight excluding hydrogens is 443 g/mol. The van der Waals surface area contributed by atoms with Crippen molar-refractivity contribution in [3.8, 4) is 0 Å². The summed E-state index contributed by atoms with van der Waals surface area (Å²) >= 11 is 0. The summed E-state index contributed by atoms with van der Waals surface area (Å²) < 4.78 is 24.0. The number of Topliss-reactive ketones (excluding diaryl/α,β-unsaturated/α-hetero) is 1. The summed E-state index contributed by atoms with van der Waals surface area (Å²) in [6.07, 6.45) is -1.07. The van der Waals surface area contributed by atoms with Crippen LogP contribution in [0.3, 0.4) is 0 Å². The van der Waals surface area contributed by atoms with Gasteiger partial charge in [-0.25, -0.2) is 0 Å². The SMILES string of the molecule is CC(=O)CCP1(O)=C2CN(CP(=O)(O)CO)CCN(CP(=O)(O)CO)CCN2C1. The Labute approximate surface area is 170 Å². The van der Waals surface area contributed by atoms with Gasteiger partial charge in [-0.05, 0) is 13.1 Å². The fourth-order valence-electron chi connectivity index (χ4n) is 3.52. The molecule has 0 aromatic carbocycles. The molecule has 1 fully saturated rings. The van der Waals surface area contributed by atoms with E-state index in [1.54, 1.807) is 9.80 Å². The molecule has 14 heteroatoms. The van der Waals surface area contributed by atoms with Crippen LogP contribution in [0.1, 0.15) is 13.3 Å². The number of rotatable bonds is 9. The lowest BCUT2D eigenvalue weighted by Crippen LogP contribution is -2.50. The largest absolute Gasteiger partial charge is 0.386 e. The molecule has 3 unspecified atom stereocenters. The number of hydrogen-bond donors (Lipinski definition) is 5. The normalized spacial score (nSPS) is 29.0. The first-order valence-corrected chi connectivity index (χ1v) is 15.6. The van der Waals surface area contributed by atoms with E-state index < -0.39 is 34.5 Å². The van der Waals surface area contributed by atoms with Crippen LogP contribution in [0.4, 0.5) is 0 Å². The first kappa shape index (κ1) is 25.4. The minimum atomic E-state index is -3.79. The summed E-state index contributed by atoms with van der Waals surface area (Å²) in [5.41, 5.74) is 0.757. The quantitative estimate of drug-likeness (QED) is 0.267. The molecule has 0 aromatic rings. The Morgan fingerprint density at radius 3 is 2.07 bits per heavy atom. The fraction of sp³-hybridized carbons (Fsp3) is 0.867. The number of nitrogens with zero attached hydrogens (tertiary/aromatic N) is 3. The van der Waals surface area contributed by atoms with Gasteiger partial charge in [-0.3, -0.25) is 23.8 Å². The molecule has 2 aliphatic heterocycles. The van der Waals surface area contributed by atoms with Gasteiger partial charge in [0, 0.05) is 58.0 Å². The van der Waals surface area contributed by atoms with Gasteiger partial charge in [0.25, 0.3) is 0 Å². The van der Waals surface area contributed by atoms with E-state index in [1.807, 2.05) is 4.90 Å². The van der Waals surface area contributed by atoms with E-state index >= 15 is 0 Å². The predicted molar refractivity (Wildman–Crippen MR) is 113 cm³/mol. The zero-order valence-corrected chi connectivity index (χ0v) is 19.3. The Morgan fingerprint density at radius 2 is 1.52 bits per heavy atom. The summed E-state index contributed by atoms with van der Waals surface area (Å²) in [7, 11) is -9.98. The number of carbonyl (C=O) groups excluding carboxylic acids is 1. The lowest BCUT2D eigenvalue weighted by atomic mass is 10.4. The number of hydrogen-bond acceptors (Lipinski definition) is 9. The van der Waals surface area contributed by atoms with Gasteiger partial charge in [0.1, 0.15) is 18.5 Å². The number of aliphatic hydroxyl groups is 2. The third-order valence-corrected chi connectivity index (χ3v) is 10.9. The zero-order chi connectivity index (χ0) is 21.9. The van der Waals surface area contributed by atoms with E-state index in [2.05, 4.69) is 0 Å². The second-order valence-electron chi connectivity index (χ2n) is 7.85.